The molecule has 1 aromatic rings. The number of hydrogen-bond donors (Lipinski definition) is 2. The number of esters is 1. The highest BCUT2D eigenvalue weighted by atomic mass is 35.5. The third kappa shape index (κ3) is 3.70. The molecule has 3 N–H and O–H groups in total. The second-order valence-electron chi connectivity index (χ2n) is 3.24. The van der Waals surface area contributed by atoms with Gasteiger partial charge in [-0.05, 0) is 19.1 Å². The van der Waals surface area contributed by atoms with Gasteiger partial charge in [0.1, 0.15) is 5.15 Å². The minimum absolute atomic E-state index is 0.0258. The number of halogens is 1. The molecule has 0 unspecified atom stereocenters. The van der Waals surface area contributed by atoms with Crippen LogP contribution in [0.2, 0.25) is 5.15 Å². The number of pyridine rings is 1. The molecule has 0 bridgehead atoms. The van der Waals surface area contributed by atoms with Crippen LogP contribution in [-0.4, -0.2) is 29.0 Å². The lowest BCUT2D eigenvalue weighted by Crippen LogP contribution is -2.42. The van der Waals surface area contributed by atoms with E-state index in [0.29, 0.717) is 0 Å². The molecule has 1 rings (SSSR count). The van der Waals surface area contributed by atoms with Gasteiger partial charge in [-0.1, -0.05) is 11.6 Å². The number of amides is 3. The van der Waals surface area contributed by atoms with Crippen LogP contribution in [-0.2, 0) is 9.53 Å². The zero-order valence-corrected chi connectivity index (χ0v) is 10.1. The van der Waals surface area contributed by atoms with E-state index in [1.165, 1.54) is 25.3 Å². The van der Waals surface area contributed by atoms with Crippen molar-refractivity contribution in [2.24, 2.45) is 5.73 Å². The van der Waals surface area contributed by atoms with Crippen molar-refractivity contribution in [3.05, 3.63) is 29.0 Å². The van der Waals surface area contributed by atoms with Crippen molar-refractivity contribution in [1.29, 1.82) is 0 Å². The first-order valence-corrected chi connectivity index (χ1v) is 5.21. The molecule has 0 fully saturated rings. The van der Waals surface area contributed by atoms with Gasteiger partial charge in [0.05, 0.1) is 5.56 Å². The van der Waals surface area contributed by atoms with Gasteiger partial charge in [-0.3, -0.25) is 10.1 Å². The van der Waals surface area contributed by atoms with Crippen molar-refractivity contribution in [2.75, 3.05) is 0 Å². The molecule has 0 saturated heterocycles. The maximum Gasteiger partial charge on any atom is 0.342 e. The quantitative estimate of drug-likeness (QED) is 0.613. The summed E-state index contributed by atoms with van der Waals surface area (Å²) in [4.78, 5) is 37.0. The van der Waals surface area contributed by atoms with Gasteiger partial charge in [0.2, 0.25) is 0 Å². The average Bonchev–Trinajstić information content (AvgIpc) is 2.28. The third-order valence-electron chi connectivity index (χ3n) is 1.88. The Morgan fingerprint density at radius 1 is 1.50 bits per heavy atom. The number of nitrogens with zero attached hydrogens (tertiary/aromatic N) is 1. The number of carbonyl (C=O) groups excluding carboxylic acids is 3. The molecule has 7 nitrogen and oxygen atoms in total. The minimum atomic E-state index is -1.18. The molecule has 3 amide bonds. The molecule has 18 heavy (non-hydrogen) atoms. The second-order valence-corrected chi connectivity index (χ2v) is 3.60. The Labute approximate surface area is 107 Å². The van der Waals surface area contributed by atoms with Crippen molar-refractivity contribution in [2.45, 2.75) is 13.0 Å². The van der Waals surface area contributed by atoms with E-state index in [9.17, 15) is 14.4 Å². The number of nitrogens with one attached hydrogen (secondary N) is 1. The Bertz CT molecular complexity index is 492. The lowest BCUT2D eigenvalue weighted by molar-refractivity contribution is -0.127. The number of primary amides is 1. The van der Waals surface area contributed by atoms with Gasteiger partial charge in [0.25, 0.3) is 5.91 Å². The Hall–Kier alpha value is -2.15. The normalized spacial score (nSPS) is 11.4. The van der Waals surface area contributed by atoms with Crippen LogP contribution in [0.5, 0.6) is 0 Å². The number of urea groups is 1. The van der Waals surface area contributed by atoms with Gasteiger partial charge in [-0.2, -0.15) is 0 Å². The van der Waals surface area contributed by atoms with E-state index < -0.39 is 24.0 Å². The first kappa shape index (κ1) is 13.9. The molecular weight excluding hydrogens is 262 g/mol. The van der Waals surface area contributed by atoms with Gasteiger partial charge in [-0.15, -0.1) is 0 Å². The molecule has 0 aliphatic rings. The van der Waals surface area contributed by atoms with Crippen LogP contribution in [0, 0.1) is 0 Å². The Balaban J connectivity index is 2.68. The van der Waals surface area contributed by atoms with E-state index in [0.717, 1.165) is 0 Å². The van der Waals surface area contributed by atoms with Crippen LogP contribution in [0.1, 0.15) is 17.3 Å². The molecule has 96 valence electrons. The maximum atomic E-state index is 11.6. The van der Waals surface area contributed by atoms with E-state index in [4.69, 9.17) is 22.1 Å². The summed E-state index contributed by atoms with van der Waals surface area (Å²) < 4.78 is 4.80. The summed E-state index contributed by atoms with van der Waals surface area (Å²) in [7, 11) is 0. The monoisotopic (exact) mass is 271 g/mol. The molecular formula is C10H10ClN3O4. The van der Waals surface area contributed by atoms with Crippen LogP contribution >= 0.6 is 11.6 Å². The number of nitrogens with two attached hydrogens (primary N) is 1. The molecule has 0 saturated carbocycles. The lowest BCUT2D eigenvalue weighted by Gasteiger charge is -2.12. The smallest absolute Gasteiger partial charge is 0.342 e. The third-order valence-corrected chi connectivity index (χ3v) is 2.18. The highest BCUT2D eigenvalue weighted by molar-refractivity contribution is 6.32. The summed E-state index contributed by atoms with van der Waals surface area (Å²) in [5.41, 5.74) is 4.78. The fraction of sp³-hybridized carbons (Fsp3) is 0.200. The summed E-state index contributed by atoms with van der Waals surface area (Å²) in [6, 6.07) is 1.87. The Morgan fingerprint density at radius 3 is 2.72 bits per heavy atom. The van der Waals surface area contributed by atoms with Crippen molar-refractivity contribution < 1.29 is 19.1 Å². The van der Waals surface area contributed by atoms with E-state index in [2.05, 4.69) is 4.98 Å². The van der Waals surface area contributed by atoms with Crippen molar-refractivity contribution in [1.82, 2.24) is 10.3 Å². The molecule has 0 aliphatic carbocycles. The first-order chi connectivity index (χ1) is 8.41. The second kappa shape index (κ2) is 5.97. The fourth-order valence-electron chi connectivity index (χ4n) is 1.04. The largest absolute Gasteiger partial charge is 0.449 e. The predicted octanol–water partition coefficient (Wildman–Crippen LogP) is 0.475. The van der Waals surface area contributed by atoms with E-state index in [1.54, 1.807) is 5.32 Å². The predicted molar refractivity (Wildman–Crippen MR) is 61.9 cm³/mol. The molecule has 0 aromatic carbocycles. The molecule has 0 radical (unpaired) electrons. The number of imide groups is 1. The summed E-state index contributed by atoms with van der Waals surface area (Å²) >= 11 is 5.68. The summed E-state index contributed by atoms with van der Waals surface area (Å²) in [5.74, 6) is -1.64. The van der Waals surface area contributed by atoms with E-state index in [-0.39, 0.29) is 10.7 Å². The average molecular weight is 272 g/mol. The van der Waals surface area contributed by atoms with E-state index in [1.807, 2.05) is 0 Å². The van der Waals surface area contributed by atoms with Crippen molar-refractivity contribution in [3.8, 4) is 0 Å². The SMILES string of the molecule is C[C@H](OC(=O)c1cccnc1Cl)C(=O)NC(N)=O. The number of aromatic nitrogens is 1. The first-order valence-electron chi connectivity index (χ1n) is 4.83. The van der Waals surface area contributed by atoms with Crippen LogP contribution in [0.3, 0.4) is 0 Å². The summed E-state index contributed by atoms with van der Waals surface area (Å²) in [6.45, 7) is 1.29. The molecule has 0 spiro atoms. The van der Waals surface area contributed by atoms with Crippen LogP contribution in [0.25, 0.3) is 0 Å². The fourth-order valence-corrected chi connectivity index (χ4v) is 1.24. The topological polar surface area (TPSA) is 111 Å². The summed E-state index contributed by atoms with van der Waals surface area (Å²) in [6.07, 6.45) is 0.226. The van der Waals surface area contributed by atoms with Crippen LogP contribution in [0.4, 0.5) is 4.79 Å². The van der Waals surface area contributed by atoms with Gasteiger partial charge in [0.15, 0.2) is 6.10 Å². The number of hydrogen-bond acceptors (Lipinski definition) is 5. The molecule has 1 heterocycles. The van der Waals surface area contributed by atoms with E-state index >= 15 is 0 Å². The molecule has 8 heteroatoms. The highest BCUT2D eigenvalue weighted by Gasteiger charge is 2.21. The van der Waals surface area contributed by atoms with Gasteiger partial charge < -0.3 is 10.5 Å². The minimum Gasteiger partial charge on any atom is -0.449 e. The highest BCUT2D eigenvalue weighted by Crippen LogP contribution is 2.13. The van der Waals surface area contributed by atoms with Crippen LogP contribution < -0.4 is 11.1 Å². The molecule has 0 aliphatic heterocycles. The Morgan fingerprint density at radius 2 is 2.17 bits per heavy atom. The molecule has 1 aromatic heterocycles. The Kier molecular flexibility index (Phi) is 4.61. The zero-order valence-electron chi connectivity index (χ0n) is 9.34. The maximum absolute atomic E-state index is 11.6. The van der Waals surface area contributed by atoms with Crippen molar-refractivity contribution >= 4 is 29.5 Å². The standard InChI is InChI=1S/C10H10ClN3O4/c1-5(8(15)14-10(12)17)18-9(16)6-3-2-4-13-7(6)11/h2-5H,1H3,(H3,12,14,15,17)/t5-/m0/s1. The number of rotatable bonds is 3. The zero-order chi connectivity index (χ0) is 13.7. The number of ether oxygens (including phenoxy) is 1. The number of carbonyl (C=O) groups is 3. The summed E-state index contributed by atoms with van der Waals surface area (Å²) in [5, 5.41) is 1.75. The lowest BCUT2D eigenvalue weighted by atomic mass is 10.3. The van der Waals surface area contributed by atoms with Gasteiger partial charge >= 0.3 is 12.0 Å². The van der Waals surface area contributed by atoms with Crippen LogP contribution in [0.15, 0.2) is 18.3 Å². The van der Waals surface area contributed by atoms with Crippen molar-refractivity contribution in [3.63, 3.8) is 0 Å². The molecule has 1 atom stereocenters. The van der Waals surface area contributed by atoms with Gasteiger partial charge in [0, 0.05) is 6.20 Å². The van der Waals surface area contributed by atoms with Gasteiger partial charge in [-0.25, -0.2) is 14.6 Å².